The van der Waals surface area contributed by atoms with Gasteiger partial charge in [-0.15, -0.1) is 0 Å². The average molecular weight is 170 g/mol. The zero-order valence-corrected chi connectivity index (χ0v) is 7.25. The van der Waals surface area contributed by atoms with Crippen molar-refractivity contribution >= 4 is 8.38 Å². The Labute approximate surface area is 67.4 Å². The van der Waals surface area contributed by atoms with E-state index in [9.17, 15) is 0 Å². The highest BCUT2D eigenvalue weighted by Gasteiger charge is 1.99. The molecule has 2 nitrogen and oxygen atoms in total. The van der Waals surface area contributed by atoms with Crippen molar-refractivity contribution in [3.05, 3.63) is 35.4 Å². The van der Waals surface area contributed by atoms with Crippen molar-refractivity contribution in [2.45, 2.75) is 13.1 Å². The summed E-state index contributed by atoms with van der Waals surface area (Å²) in [5.74, 6) is 0. The summed E-state index contributed by atoms with van der Waals surface area (Å²) in [5.41, 5.74) is 2.17. The Morgan fingerprint density at radius 2 is 1.73 bits per heavy atom. The summed E-state index contributed by atoms with van der Waals surface area (Å²) >= 11 is 0. The molecule has 60 valence electrons. The zero-order valence-electron chi connectivity index (χ0n) is 6.36. The molecule has 0 saturated carbocycles. The van der Waals surface area contributed by atoms with E-state index in [-0.39, 0.29) is 0 Å². The molecule has 0 amide bonds. The van der Waals surface area contributed by atoms with Crippen molar-refractivity contribution < 1.29 is 9.79 Å². The molecule has 0 aromatic heterocycles. The molecule has 1 rings (SSSR count). The standard InChI is InChI=1S/C8H11O2P/c1-7-2-4-8(5-3-7)6-11(9)10/h2-5,9-10H,6H2,1H3. The largest absolute Gasteiger partial charge is 0.350 e. The number of benzene rings is 1. The second kappa shape index (κ2) is 3.82. The fourth-order valence-corrected chi connectivity index (χ4v) is 1.39. The van der Waals surface area contributed by atoms with Crippen LogP contribution in [0.2, 0.25) is 0 Å². The van der Waals surface area contributed by atoms with Gasteiger partial charge < -0.3 is 9.79 Å². The van der Waals surface area contributed by atoms with Gasteiger partial charge in [-0.05, 0) is 12.5 Å². The van der Waals surface area contributed by atoms with Gasteiger partial charge in [0, 0.05) is 6.16 Å². The summed E-state index contributed by atoms with van der Waals surface area (Å²) in [5, 5.41) is 0. The van der Waals surface area contributed by atoms with Crippen LogP contribution in [0.3, 0.4) is 0 Å². The lowest BCUT2D eigenvalue weighted by molar-refractivity contribution is 0.481. The Kier molecular flexibility index (Phi) is 3.01. The minimum Gasteiger partial charge on any atom is -0.350 e. The van der Waals surface area contributed by atoms with Gasteiger partial charge in [-0.3, -0.25) is 0 Å². The van der Waals surface area contributed by atoms with Gasteiger partial charge in [-0.25, -0.2) is 0 Å². The first-order chi connectivity index (χ1) is 5.18. The minimum absolute atomic E-state index is 0.371. The summed E-state index contributed by atoms with van der Waals surface area (Å²) in [6.07, 6.45) is 0.371. The van der Waals surface area contributed by atoms with E-state index in [1.54, 1.807) is 0 Å². The average Bonchev–Trinajstić information content (AvgIpc) is 1.93. The fourth-order valence-electron chi connectivity index (χ4n) is 0.857. The molecule has 2 N–H and O–H groups in total. The smallest absolute Gasteiger partial charge is 0.169 e. The van der Waals surface area contributed by atoms with Gasteiger partial charge in [0.05, 0.1) is 0 Å². The topological polar surface area (TPSA) is 40.5 Å². The molecule has 0 spiro atoms. The van der Waals surface area contributed by atoms with E-state index in [0.29, 0.717) is 6.16 Å². The first-order valence-corrected chi connectivity index (χ1v) is 4.82. The Hall–Kier alpha value is -0.430. The van der Waals surface area contributed by atoms with E-state index in [2.05, 4.69) is 0 Å². The molecule has 0 aliphatic carbocycles. The lowest BCUT2D eigenvalue weighted by Gasteiger charge is -2.01. The Morgan fingerprint density at radius 1 is 1.18 bits per heavy atom. The molecular formula is C8H11O2P. The number of aryl methyl sites for hydroxylation is 1. The van der Waals surface area contributed by atoms with Crippen LogP contribution in [-0.2, 0) is 6.16 Å². The molecule has 0 radical (unpaired) electrons. The molecule has 3 heteroatoms. The molecule has 0 atom stereocenters. The van der Waals surface area contributed by atoms with Crippen molar-refractivity contribution in [2.75, 3.05) is 0 Å². The summed E-state index contributed by atoms with van der Waals surface area (Å²) in [6.45, 7) is 2.00. The third-order valence-electron chi connectivity index (χ3n) is 1.44. The first-order valence-electron chi connectivity index (χ1n) is 3.39. The van der Waals surface area contributed by atoms with Crippen LogP contribution in [-0.4, -0.2) is 9.79 Å². The van der Waals surface area contributed by atoms with E-state index in [1.165, 1.54) is 5.56 Å². The molecule has 0 fully saturated rings. The van der Waals surface area contributed by atoms with Gasteiger partial charge >= 0.3 is 0 Å². The molecule has 0 heterocycles. The predicted octanol–water partition coefficient (Wildman–Crippen LogP) is 1.79. The Bertz CT molecular complexity index is 218. The molecular weight excluding hydrogens is 159 g/mol. The Morgan fingerprint density at radius 3 is 2.18 bits per heavy atom. The normalized spacial score (nSPS) is 10.5. The molecule has 0 unspecified atom stereocenters. The molecule has 1 aromatic carbocycles. The van der Waals surface area contributed by atoms with Gasteiger partial charge in [-0.1, -0.05) is 29.8 Å². The van der Waals surface area contributed by atoms with Crippen molar-refractivity contribution in [3.8, 4) is 0 Å². The maximum atomic E-state index is 8.70. The third kappa shape index (κ3) is 2.98. The van der Waals surface area contributed by atoms with Gasteiger partial charge in [0.15, 0.2) is 8.38 Å². The molecule has 11 heavy (non-hydrogen) atoms. The van der Waals surface area contributed by atoms with E-state index in [1.807, 2.05) is 31.2 Å². The second-order valence-corrected chi connectivity index (χ2v) is 3.58. The minimum atomic E-state index is -1.79. The van der Waals surface area contributed by atoms with Crippen LogP contribution >= 0.6 is 8.38 Å². The van der Waals surface area contributed by atoms with Gasteiger partial charge in [-0.2, -0.15) is 0 Å². The molecule has 0 aliphatic rings. The van der Waals surface area contributed by atoms with Crippen LogP contribution in [0.5, 0.6) is 0 Å². The number of rotatable bonds is 2. The molecule has 0 saturated heterocycles. The summed E-state index contributed by atoms with van der Waals surface area (Å²) in [7, 11) is -1.79. The maximum Gasteiger partial charge on any atom is 0.169 e. The summed E-state index contributed by atoms with van der Waals surface area (Å²) < 4.78 is 0. The van der Waals surface area contributed by atoms with E-state index in [0.717, 1.165) is 5.56 Å². The van der Waals surface area contributed by atoms with Crippen LogP contribution in [0.15, 0.2) is 24.3 Å². The zero-order chi connectivity index (χ0) is 8.27. The lowest BCUT2D eigenvalue weighted by Crippen LogP contribution is -1.82. The van der Waals surface area contributed by atoms with Gasteiger partial charge in [0.2, 0.25) is 0 Å². The second-order valence-electron chi connectivity index (χ2n) is 2.52. The van der Waals surface area contributed by atoms with Crippen molar-refractivity contribution in [3.63, 3.8) is 0 Å². The van der Waals surface area contributed by atoms with Crippen LogP contribution in [0, 0.1) is 6.92 Å². The van der Waals surface area contributed by atoms with Crippen molar-refractivity contribution in [1.82, 2.24) is 0 Å². The highest BCUT2D eigenvalue weighted by Crippen LogP contribution is 2.28. The van der Waals surface area contributed by atoms with E-state index in [4.69, 9.17) is 9.79 Å². The van der Waals surface area contributed by atoms with E-state index < -0.39 is 8.38 Å². The summed E-state index contributed by atoms with van der Waals surface area (Å²) in [4.78, 5) is 17.4. The maximum absolute atomic E-state index is 8.70. The third-order valence-corrected chi connectivity index (χ3v) is 2.09. The molecule has 1 aromatic rings. The monoisotopic (exact) mass is 170 g/mol. The van der Waals surface area contributed by atoms with Crippen LogP contribution in [0.25, 0.3) is 0 Å². The fraction of sp³-hybridized carbons (Fsp3) is 0.250. The van der Waals surface area contributed by atoms with Crippen molar-refractivity contribution in [1.29, 1.82) is 0 Å². The highest BCUT2D eigenvalue weighted by molar-refractivity contribution is 7.44. The van der Waals surface area contributed by atoms with E-state index >= 15 is 0 Å². The number of hydrogen-bond acceptors (Lipinski definition) is 2. The predicted molar refractivity (Wildman–Crippen MR) is 46.2 cm³/mol. The quantitative estimate of drug-likeness (QED) is 0.664. The Balaban J connectivity index is 2.66. The lowest BCUT2D eigenvalue weighted by atomic mass is 10.2. The highest BCUT2D eigenvalue weighted by atomic mass is 31.2. The van der Waals surface area contributed by atoms with Crippen LogP contribution in [0.1, 0.15) is 11.1 Å². The van der Waals surface area contributed by atoms with Crippen LogP contribution in [0.4, 0.5) is 0 Å². The first kappa shape index (κ1) is 8.66. The molecule has 0 aliphatic heterocycles. The summed E-state index contributed by atoms with van der Waals surface area (Å²) in [6, 6.07) is 7.76. The van der Waals surface area contributed by atoms with Crippen molar-refractivity contribution in [2.24, 2.45) is 0 Å². The van der Waals surface area contributed by atoms with Gasteiger partial charge in [0.25, 0.3) is 0 Å². The van der Waals surface area contributed by atoms with Gasteiger partial charge in [0.1, 0.15) is 0 Å². The molecule has 0 bridgehead atoms. The van der Waals surface area contributed by atoms with Crippen LogP contribution < -0.4 is 0 Å². The number of hydrogen-bond donors (Lipinski definition) is 2. The SMILES string of the molecule is Cc1ccc(CP(O)O)cc1.